The van der Waals surface area contributed by atoms with Crippen molar-refractivity contribution in [3.63, 3.8) is 0 Å². The van der Waals surface area contributed by atoms with Gasteiger partial charge in [-0.3, -0.25) is 4.79 Å². The first-order valence-corrected chi connectivity index (χ1v) is 10.4. The van der Waals surface area contributed by atoms with Crippen molar-refractivity contribution in [2.75, 3.05) is 0 Å². The molecule has 5 rings (SSSR count). The molecule has 0 bridgehead atoms. The highest BCUT2D eigenvalue weighted by Crippen LogP contribution is 2.42. The number of hydrogen-bond donors (Lipinski definition) is 1. The van der Waals surface area contributed by atoms with E-state index >= 15 is 0 Å². The molecule has 1 atom stereocenters. The van der Waals surface area contributed by atoms with E-state index in [-0.39, 0.29) is 17.3 Å². The van der Waals surface area contributed by atoms with Crippen molar-refractivity contribution >= 4 is 28.2 Å². The Morgan fingerprint density at radius 3 is 2.71 bits per heavy atom. The van der Waals surface area contributed by atoms with Crippen molar-refractivity contribution in [1.82, 2.24) is 4.72 Å². The summed E-state index contributed by atoms with van der Waals surface area (Å²) in [6.07, 6.45) is 4.18. The summed E-state index contributed by atoms with van der Waals surface area (Å²) < 4.78 is 40.7. The van der Waals surface area contributed by atoms with Gasteiger partial charge in [0.1, 0.15) is 22.8 Å². The molecule has 2 aliphatic rings. The number of benzene rings is 2. The van der Waals surface area contributed by atoms with Crippen LogP contribution in [0, 0.1) is 5.82 Å². The molecule has 2 fully saturated rings. The van der Waals surface area contributed by atoms with Crippen molar-refractivity contribution in [2.45, 2.75) is 42.6 Å². The summed E-state index contributed by atoms with van der Waals surface area (Å²) in [7, 11) is 0. The Hall–Kier alpha value is -2.51. The van der Waals surface area contributed by atoms with E-state index in [1.54, 1.807) is 30.3 Å². The fourth-order valence-corrected chi connectivity index (χ4v) is 4.02. The lowest BCUT2D eigenvalue weighted by molar-refractivity contribution is 0.0956. The van der Waals surface area contributed by atoms with Gasteiger partial charge in [-0.2, -0.15) is 4.72 Å². The predicted molar refractivity (Wildman–Crippen MR) is 102 cm³/mol. The van der Waals surface area contributed by atoms with E-state index in [0.717, 1.165) is 31.2 Å². The molecule has 1 N–H and O–H groups in total. The Balaban J connectivity index is 1.37. The van der Waals surface area contributed by atoms with Crippen LogP contribution in [-0.4, -0.2) is 16.6 Å². The van der Waals surface area contributed by atoms with E-state index in [4.69, 9.17) is 9.15 Å². The first-order chi connectivity index (χ1) is 13.6. The Morgan fingerprint density at radius 2 is 1.96 bits per heavy atom. The number of fused-ring (bicyclic) bond motifs is 1. The smallest absolute Gasteiger partial charge is 0.328 e. The lowest BCUT2D eigenvalue weighted by Crippen LogP contribution is -2.30. The van der Waals surface area contributed by atoms with E-state index in [1.165, 1.54) is 12.1 Å². The van der Waals surface area contributed by atoms with Crippen molar-refractivity contribution in [2.24, 2.45) is 0 Å². The highest BCUT2D eigenvalue weighted by atomic mass is 32.2. The van der Waals surface area contributed by atoms with Gasteiger partial charge < -0.3 is 13.7 Å². The van der Waals surface area contributed by atoms with Crippen LogP contribution in [0.4, 0.5) is 4.39 Å². The van der Waals surface area contributed by atoms with Crippen molar-refractivity contribution in [3.05, 3.63) is 59.6 Å². The lowest BCUT2D eigenvalue weighted by Gasteiger charge is -2.13. The van der Waals surface area contributed by atoms with Crippen molar-refractivity contribution in [3.8, 4) is 5.75 Å². The number of carbonyl (C=O) groups excluding carboxylic acids is 1. The Labute approximate surface area is 164 Å². The van der Waals surface area contributed by atoms with E-state index in [2.05, 4.69) is 4.72 Å². The molecule has 0 spiro atoms. The second-order valence-corrected chi connectivity index (χ2v) is 8.44. The van der Waals surface area contributed by atoms with Gasteiger partial charge in [-0.25, -0.2) is 4.39 Å². The third-order valence-corrected chi connectivity index (χ3v) is 6.04. The third kappa shape index (κ3) is 3.47. The van der Waals surface area contributed by atoms with Gasteiger partial charge in [-0.05, 0) is 61.4 Å². The second kappa shape index (κ2) is 6.83. The monoisotopic (exact) mass is 399 g/mol. The fraction of sp³-hybridized carbons (Fsp3) is 0.286. The zero-order valence-electron chi connectivity index (χ0n) is 14.9. The van der Waals surface area contributed by atoms with Gasteiger partial charge >= 0.3 is 5.91 Å². The van der Waals surface area contributed by atoms with Gasteiger partial charge in [0, 0.05) is 6.07 Å². The number of hydrogen-bond acceptors (Lipinski definition) is 4. The maximum atomic E-state index is 14.4. The number of rotatable bonds is 6. The van der Waals surface area contributed by atoms with Gasteiger partial charge in [-0.15, -0.1) is 0 Å². The molecule has 0 radical (unpaired) electrons. The standard InChI is InChI=1S/C21H18FNO4S/c22-16-9-13(12-5-6-12)10-18-15(16)11-19(27-18)21(24)23-28(25)20-4-2-1-3-17(20)26-14-7-8-14/h1-4,9-12,14H,5-8H2,(H,23,24). The van der Waals surface area contributed by atoms with Crippen LogP contribution in [0.1, 0.15) is 47.7 Å². The minimum atomic E-state index is -1.82. The largest absolute Gasteiger partial charge is 0.588 e. The Kier molecular flexibility index (Phi) is 4.29. The SMILES string of the molecule is O=C(N[S+]([O-])c1ccccc1OC1CC1)c1cc2c(F)cc(C3CC3)cc2o1. The van der Waals surface area contributed by atoms with E-state index in [9.17, 15) is 13.7 Å². The van der Waals surface area contributed by atoms with Crippen LogP contribution in [0.2, 0.25) is 0 Å². The van der Waals surface area contributed by atoms with Crippen LogP contribution < -0.4 is 9.46 Å². The summed E-state index contributed by atoms with van der Waals surface area (Å²) in [4.78, 5) is 12.9. The van der Waals surface area contributed by atoms with E-state index < -0.39 is 23.1 Å². The minimum Gasteiger partial charge on any atom is -0.588 e. The zero-order valence-corrected chi connectivity index (χ0v) is 15.8. The first-order valence-electron chi connectivity index (χ1n) is 9.30. The van der Waals surface area contributed by atoms with Crippen LogP contribution in [0.3, 0.4) is 0 Å². The molecule has 2 saturated carbocycles. The van der Waals surface area contributed by atoms with Gasteiger partial charge in [0.15, 0.2) is 11.5 Å². The topological polar surface area (TPSA) is 74.5 Å². The molecule has 1 amide bonds. The van der Waals surface area contributed by atoms with Gasteiger partial charge in [0.25, 0.3) is 0 Å². The summed E-state index contributed by atoms with van der Waals surface area (Å²) in [5.41, 5.74) is 1.22. The van der Waals surface area contributed by atoms with Crippen LogP contribution in [0.15, 0.2) is 51.8 Å². The molecule has 0 saturated heterocycles. The molecular weight excluding hydrogens is 381 g/mol. The lowest BCUT2D eigenvalue weighted by atomic mass is 10.1. The number of halogens is 1. The van der Waals surface area contributed by atoms with Crippen LogP contribution in [0.5, 0.6) is 5.75 Å². The highest BCUT2D eigenvalue weighted by molar-refractivity contribution is 7.90. The van der Waals surface area contributed by atoms with Crippen molar-refractivity contribution < 1.29 is 22.9 Å². The summed E-state index contributed by atoms with van der Waals surface area (Å²) in [6.45, 7) is 0. The van der Waals surface area contributed by atoms with Crippen LogP contribution in [0.25, 0.3) is 11.0 Å². The van der Waals surface area contributed by atoms with Crippen molar-refractivity contribution in [1.29, 1.82) is 0 Å². The predicted octanol–water partition coefficient (Wildman–Crippen LogP) is 4.44. The molecular formula is C21H18FNO4S. The van der Waals surface area contributed by atoms with E-state index in [1.807, 2.05) is 0 Å². The maximum absolute atomic E-state index is 14.4. The number of para-hydroxylation sites is 1. The Bertz CT molecular complexity index is 1060. The van der Waals surface area contributed by atoms with Gasteiger partial charge in [0.2, 0.25) is 4.90 Å². The summed E-state index contributed by atoms with van der Waals surface area (Å²) >= 11 is -1.82. The minimum absolute atomic E-state index is 0.0733. The average Bonchev–Trinajstić information content (AvgIpc) is 3.61. The molecule has 144 valence electrons. The number of nitrogens with one attached hydrogen (secondary N) is 1. The summed E-state index contributed by atoms with van der Waals surface area (Å²) in [6, 6.07) is 11.5. The normalized spacial score (nSPS) is 17.5. The Morgan fingerprint density at radius 1 is 1.18 bits per heavy atom. The summed E-state index contributed by atoms with van der Waals surface area (Å²) in [5.74, 6) is -0.282. The quantitative estimate of drug-likeness (QED) is 0.622. The van der Waals surface area contributed by atoms with Gasteiger partial charge in [-0.1, -0.05) is 12.1 Å². The highest BCUT2D eigenvalue weighted by Gasteiger charge is 2.29. The molecule has 7 heteroatoms. The molecule has 1 unspecified atom stereocenters. The molecule has 28 heavy (non-hydrogen) atoms. The van der Waals surface area contributed by atoms with Crippen LogP contribution >= 0.6 is 0 Å². The molecule has 3 aromatic rings. The molecule has 1 aromatic heterocycles. The average molecular weight is 399 g/mol. The third-order valence-electron chi connectivity index (χ3n) is 4.93. The second-order valence-electron chi connectivity index (χ2n) is 7.26. The number of furan rings is 1. The zero-order chi connectivity index (χ0) is 19.3. The molecule has 0 aliphatic heterocycles. The van der Waals surface area contributed by atoms with E-state index in [0.29, 0.717) is 22.1 Å². The fourth-order valence-electron chi connectivity index (χ4n) is 3.14. The molecule has 2 aromatic carbocycles. The van der Waals surface area contributed by atoms with Crippen LogP contribution in [-0.2, 0) is 11.4 Å². The number of amides is 1. The van der Waals surface area contributed by atoms with Gasteiger partial charge in [0.05, 0.1) is 11.5 Å². The maximum Gasteiger partial charge on any atom is 0.328 e. The molecule has 1 heterocycles. The summed E-state index contributed by atoms with van der Waals surface area (Å²) in [5, 5.41) is 0.248. The molecule has 2 aliphatic carbocycles. The molecule has 5 nitrogen and oxygen atoms in total. The number of ether oxygens (including phenoxy) is 1. The first kappa shape index (κ1) is 17.6. The number of carbonyl (C=O) groups is 1.